The molecule has 0 bridgehead atoms. The maximum Gasteiger partial charge on any atom is 1.00 e. The van der Waals surface area contributed by atoms with E-state index in [0.717, 1.165) is 12.1 Å². The van der Waals surface area contributed by atoms with E-state index >= 15 is 0 Å². The third-order valence-electron chi connectivity index (χ3n) is 1.90. The van der Waals surface area contributed by atoms with Crippen molar-refractivity contribution in [3.05, 3.63) is 34.9 Å². The van der Waals surface area contributed by atoms with Gasteiger partial charge in [-0.3, -0.25) is 0 Å². The molecule has 0 aliphatic rings. The maximum absolute atomic E-state index is 12.9. The summed E-state index contributed by atoms with van der Waals surface area (Å²) in [7, 11) is 0. The summed E-state index contributed by atoms with van der Waals surface area (Å²) in [5.41, 5.74) is 1.13. The fraction of sp³-hybridized carbons (Fsp3) is 0.200. The second-order valence-electron chi connectivity index (χ2n) is 2.98. The summed E-state index contributed by atoms with van der Waals surface area (Å²) >= 11 is 4.77. The van der Waals surface area contributed by atoms with E-state index in [0.29, 0.717) is 11.1 Å². The van der Waals surface area contributed by atoms with Gasteiger partial charge in [0.25, 0.3) is 0 Å². The van der Waals surface area contributed by atoms with Gasteiger partial charge in [0.2, 0.25) is 6.19 Å². The zero-order valence-electron chi connectivity index (χ0n) is 8.92. The molecule has 1 aromatic rings. The van der Waals surface area contributed by atoms with Crippen molar-refractivity contribution in [1.82, 2.24) is 0 Å². The van der Waals surface area contributed by atoms with E-state index < -0.39 is 11.6 Å². The largest absolute Gasteiger partial charge is 1.00 e. The molecule has 0 heterocycles. The van der Waals surface area contributed by atoms with Crippen LogP contribution < -0.4 is 29.6 Å². The molecule has 0 aliphatic heterocycles. The van der Waals surface area contributed by atoms with Gasteiger partial charge < -0.3 is 12.6 Å². The predicted octanol–water partition coefficient (Wildman–Crippen LogP) is -0.754. The third kappa shape index (κ3) is 4.14. The minimum atomic E-state index is -0.921. The van der Waals surface area contributed by atoms with Crippen LogP contribution in [0.4, 0.5) is 8.78 Å². The maximum atomic E-state index is 12.9. The molecule has 0 unspecified atom stereocenters. The summed E-state index contributed by atoms with van der Waals surface area (Å²) in [5.74, 6) is -1.81. The summed E-state index contributed by atoms with van der Waals surface area (Å²) in [6.45, 7) is 1.65. The van der Waals surface area contributed by atoms with Crippen molar-refractivity contribution in [3.63, 3.8) is 0 Å². The summed E-state index contributed by atoms with van der Waals surface area (Å²) in [6.07, 6.45) is 1.72. The topological polar surface area (TPSA) is 36.1 Å². The number of aliphatic imine (C=N–C) groups is 1. The Balaban J connectivity index is 0.00000225. The van der Waals surface area contributed by atoms with Crippen LogP contribution in [0, 0.1) is 30.0 Å². The number of nitriles is 1. The van der Waals surface area contributed by atoms with Gasteiger partial charge >= 0.3 is 29.6 Å². The first-order valence-corrected chi connectivity index (χ1v) is 4.52. The van der Waals surface area contributed by atoms with Crippen LogP contribution in [0.5, 0.6) is 0 Å². The number of rotatable bonds is 2. The standard InChI is InChI=1S/C10H8F2N2S.Na/c1-6-2-8(11)9(12)3-7(6)4-10(15)14-5-13;/h2-3H,4H2,1H3,(H,14,15);/q;+1/p-1. The molecular formula is C10H7F2N2NaS. The number of benzene rings is 1. The van der Waals surface area contributed by atoms with E-state index in [1.54, 1.807) is 13.1 Å². The molecule has 78 valence electrons. The summed E-state index contributed by atoms with van der Waals surface area (Å²) in [4.78, 5) is 3.33. The van der Waals surface area contributed by atoms with Crippen LogP contribution in [0.15, 0.2) is 17.1 Å². The Hall–Kier alpha value is -0.540. The van der Waals surface area contributed by atoms with Gasteiger partial charge in [0, 0.05) is 0 Å². The first kappa shape index (κ1) is 15.5. The normalized spacial score (nSPS) is 10.5. The van der Waals surface area contributed by atoms with Crippen LogP contribution in [0.1, 0.15) is 11.1 Å². The van der Waals surface area contributed by atoms with Crippen LogP contribution >= 0.6 is 0 Å². The molecule has 0 fully saturated rings. The third-order valence-corrected chi connectivity index (χ3v) is 2.13. The van der Waals surface area contributed by atoms with E-state index in [4.69, 9.17) is 17.9 Å². The molecule has 2 nitrogen and oxygen atoms in total. The van der Waals surface area contributed by atoms with Gasteiger partial charge in [-0.05, 0) is 36.6 Å². The number of aryl methyl sites for hydroxylation is 1. The van der Waals surface area contributed by atoms with Crippen LogP contribution in [-0.4, -0.2) is 5.04 Å². The molecule has 0 spiro atoms. The van der Waals surface area contributed by atoms with Crippen molar-refractivity contribution >= 4 is 17.7 Å². The second-order valence-corrected chi connectivity index (χ2v) is 3.45. The molecule has 0 radical (unpaired) electrons. The van der Waals surface area contributed by atoms with Gasteiger partial charge in [-0.1, -0.05) is 5.04 Å². The first-order valence-electron chi connectivity index (χ1n) is 4.11. The zero-order valence-corrected chi connectivity index (χ0v) is 11.7. The Morgan fingerprint density at radius 3 is 2.56 bits per heavy atom. The Morgan fingerprint density at radius 1 is 1.44 bits per heavy atom. The van der Waals surface area contributed by atoms with Gasteiger partial charge in [-0.25, -0.2) is 13.8 Å². The van der Waals surface area contributed by atoms with E-state index in [1.165, 1.54) is 0 Å². The average Bonchev–Trinajstić information content (AvgIpc) is 2.14. The van der Waals surface area contributed by atoms with Crippen molar-refractivity contribution in [2.75, 3.05) is 0 Å². The van der Waals surface area contributed by atoms with Crippen molar-refractivity contribution in [2.45, 2.75) is 13.3 Å². The summed E-state index contributed by atoms with van der Waals surface area (Å²) in [6, 6.07) is 2.17. The molecule has 0 aromatic heterocycles. The molecule has 0 aliphatic carbocycles. The van der Waals surface area contributed by atoms with Crippen LogP contribution in [0.3, 0.4) is 0 Å². The van der Waals surface area contributed by atoms with Gasteiger partial charge in [-0.2, -0.15) is 5.26 Å². The Morgan fingerprint density at radius 2 is 2.00 bits per heavy atom. The molecule has 0 saturated carbocycles. The minimum Gasteiger partial charge on any atom is -0.763 e. The number of halogens is 2. The molecule has 0 saturated heterocycles. The molecule has 16 heavy (non-hydrogen) atoms. The van der Waals surface area contributed by atoms with Crippen LogP contribution in [0.2, 0.25) is 0 Å². The SMILES string of the molecule is Cc1cc(F)c(F)cc1CC([S-])=NC#N.[Na+]. The molecule has 0 N–H and O–H groups in total. The molecule has 6 heteroatoms. The second kappa shape index (κ2) is 6.92. The van der Waals surface area contributed by atoms with Crippen LogP contribution in [-0.2, 0) is 19.0 Å². The average molecular weight is 248 g/mol. The van der Waals surface area contributed by atoms with Gasteiger partial charge in [0.05, 0.1) is 0 Å². The Kier molecular flexibility index (Phi) is 6.68. The Labute approximate surface area is 120 Å². The smallest absolute Gasteiger partial charge is 0.763 e. The van der Waals surface area contributed by atoms with Crippen molar-refractivity contribution in [1.29, 1.82) is 5.26 Å². The number of hydrogen-bond acceptors (Lipinski definition) is 3. The monoisotopic (exact) mass is 248 g/mol. The predicted molar refractivity (Wildman–Crippen MR) is 55.2 cm³/mol. The number of hydrogen-bond donors (Lipinski definition) is 0. The van der Waals surface area contributed by atoms with E-state index in [9.17, 15) is 8.78 Å². The van der Waals surface area contributed by atoms with E-state index in [2.05, 4.69) is 4.99 Å². The van der Waals surface area contributed by atoms with Crippen molar-refractivity contribution in [3.8, 4) is 6.19 Å². The fourth-order valence-electron chi connectivity index (χ4n) is 1.14. The van der Waals surface area contributed by atoms with Crippen LogP contribution in [0.25, 0.3) is 0 Å². The molecule has 0 amide bonds. The van der Waals surface area contributed by atoms with Gasteiger partial charge in [-0.15, -0.1) is 0 Å². The minimum absolute atomic E-state index is 0. The molecular weight excluding hydrogens is 241 g/mol. The summed E-state index contributed by atoms with van der Waals surface area (Å²) in [5, 5.41) is 8.40. The zero-order chi connectivity index (χ0) is 11.4. The first-order chi connectivity index (χ1) is 7.04. The van der Waals surface area contributed by atoms with Crippen molar-refractivity contribution in [2.24, 2.45) is 4.99 Å². The van der Waals surface area contributed by atoms with E-state index in [-0.39, 0.29) is 41.0 Å². The fourth-order valence-corrected chi connectivity index (χ4v) is 1.33. The molecule has 1 rings (SSSR count). The number of nitrogens with zero attached hydrogens (tertiary/aromatic N) is 2. The van der Waals surface area contributed by atoms with Gasteiger partial charge in [0.1, 0.15) is 0 Å². The quantitative estimate of drug-likeness (QED) is 0.227. The van der Waals surface area contributed by atoms with Crippen molar-refractivity contribution < 1.29 is 38.3 Å². The molecule has 0 atom stereocenters. The van der Waals surface area contributed by atoms with E-state index in [1.807, 2.05) is 0 Å². The summed E-state index contributed by atoms with van der Waals surface area (Å²) < 4.78 is 25.6. The molecule has 1 aromatic carbocycles. The van der Waals surface area contributed by atoms with Gasteiger partial charge in [0.15, 0.2) is 11.6 Å². The Bertz CT molecular complexity index is 455.